The Kier molecular flexibility index (Phi) is 5.24. The highest BCUT2D eigenvalue weighted by Gasteiger charge is 2.21. The number of para-hydroxylation sites is 1. The molecule has 1 aliphatic heterocycles. The lowest BCUT2D eigenvalue weighted by molar-refractivity contribution is 0.208. The maximum absolute atomic E-state index is 12.7. The zero-order valence-corrected chi connectivity index (χ0v) is 16.0. The molecule has 1 aliphatic rings. The van der Waals surface area contributed by atoms with E-state index in [1.807, 2.05) is 59.5 Å². The molecule has 1 N–H and O–H groups in total. The molecular formula is C23H24N4O. The lowest BCUT2D eigenvalue weighted by atomic mass is 10.0. The van der Waals surface area contributed by atoms with Crippen molar-refractivity contribution in [2.75, 3.05) is 36.4 Å². The fourth-order valence-corrected chi connectivity index (χ4v) is 3.51. The van der Waals surface area contributed by atoms with Crippen LogP contribution in [-0.4, -0.2) is 42.1 Å². The summed E-state index contributed by atoms with van der Waals surface area (Å²) in [4.78, 5) is 21.3. The van der Waals surface area contributed by atoms with Gasteiger partial charge >= 0.3 is 6.03 Å². The Hall–Kier alpha value is -3.34. The first-order valence-corrected chi connectivity index (χ1v) is 9.59. The number of pyridine rings is 1. The third kappa shape index (κ3) is 3.98. The predicted molar refractivity (Wildman–Crippen MR) is 114 cm³/mol. The second-order valence-corrected chi connectivity index (χ2v) is 6.98. The first kappa shape index (κ1) is 18.0. The van der Waals surface area contributed by atoms with Crippen LogP contribution < -0.4 is 10.2 Å². The first-order valence-electron chi connectivity index (χ1n) is 9.59. The fraction of sp³-hybridized carbons (Fsp3) is 0.217. The van der Waals surface area contributed by atoms with Crippen LogP contribution >= 0.6 is 0 Å². The first-order chi connectivity index (χ1) is 13.7. The van der Waals surface area contributed by atoms with E-state index in [-0.39, 0.29) is 6.03 Å². The third-order valence-corrected chi connectivity index (χ3v) is 5.12. The standard InChI is InChI=1S/C23H24N4O/c1-18-10-11-19(17-21(18)22-9-5-6-12-24-22)25-23(28)27-15-13-26(14-16-27)20-7-3-2-4-8-20/h2-12,17H,13-16H2,1H3,(H,25,28). The summed E-state index contributed by atoms with van der Waals surface area (Å²) in [6.45, 7) is 5.15. The number of aryl methyl sites for hydroxylation is 1. The van der Waals surface area contributed by atoms with Gasteiger partial charge in [-0.05, 0) is 48.9 Å². The summed E-state index contributed by atoms with van der Waals surface area (Å²) in [7, 11) is 0. The zero-order chi connectivity index (χ0) is 19.3. The summed E-state index contributed by atoms with van der Waals surface area (Å²) >= 11 is 0. The van der Waals surface area contributed by atoms with Gasteiger partial charge in [0.2, 0.25) is 0 Å². The van der Waals surface area contributed by atoms with E-state index < -0.39 is 0 Å². The van der Waals surface area contributed by atoms with Gasteiger partial charge in [-0.25, -0.2) is 4.79 Å². The minimum absolute atomic E-state index is 0.0523. The SMILES string of the molecule is Cc1ccc(NC(=O)N2CCN(c3ccccc3)CC2)cc1-c1ccccn1. The average molecular weight is 372 g/mol. The molecule has 0 saturated carbocycles. The molecule has 3 aromatic rings. The summed E-state index contributed by atoms with van der Waals surface area (Å²) < 4.78 is 0. The Morgan fingerprint density at radius 3 is 2.39 bits per heavy atom. The lowest BCUT2D eigenvalue weighted by Gasteiger charge is -2.36. The lowest BCUT2D eigenvalue weighted by Crippen LogP contribution is -2.50. The number of rotatable bonds is 3. The largest absolute Gasteiger partial charge is 0.368 e. The van der Waals surface area contributed by atoms with E-state index in [0.29, 0.717) is 13.1 Å². The summed E-state index contributed by atoms with van der Waals surface area (Å²) in [6, 6.07) is 22.1. The minimum atomic E-state index is -0.0523. The van der Waals surface area contributed by atoms with Crippen LogP contribution in [0.1, 0.15) is 5.56 Å². The van der Waals surface area contributed by atoms with Gasteiger partial charge in [0.15, 0.2) is 0 Å². The highest BCUT2D eigenvalue weighted by atomic mass is 16.2. The molecule has 2 amide bonds. The smallest absolute Gasteiger partial charge is 0.321 e. The number of piperazine rings is 1. The molecule has 5 heteroatoms. The number of benzene rings is 2. The number of carbonyl (C=O) groups is 1. The molecule has 1 saturated heterocycles. The van der Waals surface area contributed by atoms with Crippen LogP contribution in [0.15, 0.2) is 72.9 Å². The normalized spacial score (nSPS) is 14.0. The topological polar surface area (TPSA) is 48.5 Å². The Bertz CT molecular complexity index is 935. The van der Waals surface area contributed by atoms with Crippen molar-refractivity contribution in [3.8, 4) is 11.3 Å². The third-order valence-electron chi connectivity index (χ3n) is 5.12. The second kappa shape index (κ2) is 8.13. The number of amides is 2. The maximum atomic E-state index is 12.7. The van der Waals surface area contributed by atoms with Gasteiger partial charge in [-0.3, -0.25) is 4.98 Å². The van der Waals surface area contributed by atoms with E-state index in [1.165, 1.54) is 5.69 Å². The number of carbonyl (C=O) groups excluding carboxylic acids is 1. The minimum Gasteiger partial charge on any atom is -0.368 e. The summed E-state index contributed by atoms with van der Waals surface area (Å²) in [6.07, 6.45) is 1.78. The molecule has 28 heavy (non-hydrogen) atoms. The van der Waals surface area contributed by atoms with Gasteiger partial charge in [0.25, 0.3) is 0 Å². The monoisotopic (exact) mass is 372 g/mol. The number of hydrogen-bond donors (Lipinski definition) is 1. The predicted octanol–water partition coefficient (Wildman–Crippen LogP) is 4.41. The fourth-order valence-electron chi connectivity index (χ4n) is 3.51. The molecule has 5 nitrogen and oxygen atoms in total. The van der Waals surface area contributed by atoms with E-state index in [9.17, 15) is 4.79 Å². The molecule has 4 rings (SSSR count). The quantitative estimate of drug-likeness (QED) is 0.741. The van der Waals surface area contributed by atoms with Gasteiger partial charge < -0.3 is 15.1 Å². The number of urea groups is 1. The maximum Gasteiger partial charge on any atom is 0.321 e. The zero-order valence-electron chi connectivity index (χ0n) is 16.0. The van der Waals surface area contributed by atoms with Crippen molar-refractivity contribution in [1.82, 2.24) is 9.88 Å². The van der Waals surface area contributed by atoms with Crippen molar-refractivity contribution in [3.63, 3.8) is 0 Å². The Labute approximate surface area is 165 Å². The molecule has 0 unspecified atom stereocenters. The van der Waals surface area contributed by atoms with E-state index in [2.05, 4.69) is 34.3 Å². The van der Waals surface area contributed by atoms with Gasteiger partial charge in [-0.2, -0.15) is 0 Å². The summed E-state index contributed by atoms with van der Waals surface area (Å²) in [5, 5.41) is 3.04. The van der Waals surface area contributed by atoms with Crippen molar-refractivity contribution in [2.45, 2.75) is 6.92 Å². The molecular weight excluding hydrogens is 348 g/mol. The Balaban J connectivity index is 1.41. The Morgan fingerprint density at radius 1 is 0.929 bits per heavy atom. The highest BCUT2D eigenvalue weighted by Crippen LogP contribution is 2.25. The van der Waals surface area contributed by atoms with Gasteiger partial charge in [-0.15, -0.1) is 0 Å². The Morgan fingerprint density at radius 2 is 1.68 bits per heavy atom. The molecule has 2 aromatic carbocycles. The molecule has 1 aromatic heterocycles. The van der Waals surface area contributed by atoms with Crippen LogP contribution in [0.2, 0.25) is 0 Å². The van der Waals surface area contributed by atoms with E-state index in [0.717, 1.165) is 35.6 Å². The van der Waals surface area contributed by atoms with Gasteiger partial charge in [0.1, 0.15) is 0 Å². The molecule has 2 heterocycles. The van der Waals surface area contributed by atoms with Crippen LogP contribution in [0.4, 0.5) is 16.2 Å². The average Bonchev–Trinajstić information content (AvgIpc) is 2.76. The van der Waals surface area contributed by atoms with Crippen molar-refractivity contribution >= 4 is 17.4 Å². The van der Waals surface area contributed by atoms with Crippen molar-refractivity contribution in [1.29, 1.82) is 0 Å². The van der Waals surface area contributed by atoms with Crippen LogP contribution in [0.25, 0.3) is 11.3 Å². The van der Waals surface area contributed by atoms with Crippen LogP contribution in [0.3, 0.4) is 0 Å². The molecule has 0 atom stereocenters. The van der Waals surface area contributed by atoms with Crippen LogP contribution in [-0.2, 0) is 0 Å². The van der Waals surface area contributed by atoms with Crippen LogP contribution in [0.5, 0.6) is 0 Å². The van der Waals surface area contributed by atoms with E-state index >= 15 is 0 Å². The molecule has 1 fully saturated rings. The highest BCUT2D eigenvalue weighted by molar-refractivity contribution is 5.90. The molecule has 142 valence electrons. The van der Waals surface area contributed by atoms with Gasteiger partial charge in [0, 0.05) is 49.3 Å². The summed E-state index contributed by atoms with van der Waals surface area (Å²) in [5.74, 6) is 0. The van der Waals surface area contributed by atoms with E-state index in [4.69, 9.17) is 0 Å². The van der Waals surface area contributed by atoms with Crippen molar-refractivity contribution in [3.05, 3.63) is 78.5 Å². The van der Waals surface area contributed by atoms with Crippen molar-refractivity contribution in [2.24, 2.45) is 0 Å². The molecule has 0 spiro atoms. The molecule has 0 radical (unpaired) electrons. The number of hydrogen-bond acceptors (Lipinski definition) is 3. The molecule has 0 bridgehead atoms. The van der Waals surface area contributed by atoms with E-state index in [1.54, 1.807) is 6.20 Å². The molecule has 0 aliphatic carbocycles. The van der Waals surface area contributed by atoms with Gasteiger partial charge in [-0.1, -0.05) is 30.3 Å². The number of nitrogens with one attached hydrogen (secondary N) is 1. The van der Waals surface area contributed by atoms with Crippen molar-refractivity contribution < 1.29 is 4.79 Å². The second-order valence-electron chi connectivity index (χ2n) is 6.98. The van der Waals surface area contributed by atoms with Crippen LogP contribution in [0, 0.1) is 6.92 Å². The number of aromatic nitrogens is 1. The van der Waals surface area contributed by atoms with Gasteiger partial charge in [0.05, 0.1) is 5.69 Å². The summed E-state index contributed by atoms with van der Waals surface area (Å²) in [5.41, 5.74) is 5.08. The number of anilines is 2. The number of nitrogens with zero attached hydrogens (tertiary/aromatic N) is 3.